The van der Waals surface area contributed by atoms with E-state index < -0.39 is 0 Å². The Kier molecular flexibility index (Phi) is 5.57. The van der Waals surface area contributed by atoms with Gasteiger partial charge in [0.25, 0.3) is 0 Å². The van der Waals surface area contributed by atoms with E-state index in [1.54, 1.807) is 0 Å². The molecule has 0 aliphatic heterocycles. The zero-order chi connectivity index (χ0) is 14.5. The number of hydrogen-bond donors (Lipinski definition) is 2. The maximum absolute atomic E-state index is 5.77. The SMILES string of the molecule is CCCc1ccc(C(C)(C)CNC(C)(C)CN)cc1. The Morgan fingerprint density at radius 3 is 2.11 bits per heavy atom. The first kappa shape index (κ1) is 16.2. The van der Waals surface area contributed by atoms with Crippen LogP contribution in [0.2, 0.25) is 0 Å². The van der Waals surface area contributed by atoms with E-state index in [2.05, 4.69) is 64.2 Å². The third-order valence-electron chi connectivity index (χ3n) is 3.79. The second kappa shape index (κ2) is 6.53. The van der Waals surface area contributed by atoms with Gasteiger partial charge in [-0.05, 0) is 31.4 Å². The quantitative estimate of drug-likeness (QED) is 0.791. The molecule has 2 heteroatoms. The molecule has 0 fully saturated rings. The molecule has 1 aromatic rings. The van der Waals surface area contributed by atoms with Crippen LogP contribution in [0.1, 0.15) is 52.2 Å². The summed E-state index contributed by atoms with van der Waals surface area (Å²) in [7, 11) is 0. The van der Waals surface area contributed by atoms with Gasteiger partial charge in [0, 0.05) is 24.0 Å². The van der Waals surface area contributed by atoms with Crippen LogP contribution in [0.25, 0.3) is 0 Å². The van der Waals surface area contributed by atoms with Gasteiger partial charge in [-0.15, -0.1) is 0 Å². The minimum Gasteiger partial charge on any atom is -0.329 e. The van der Waals surface area contributed by atoms with Gasteiger partial charge in [0.1, 0.15) is 0 Å². The first-order chi connectivity index (χ1) is 8.80. The Bertz CT molecular complexity index is 377. The second-order valence-corrected chi connectivity index (χ2v) is 6.77. The average molecular weight is 262 g/mol. The Morgan fingerprint density at radius 2 is 1.63 bits per heavy atom. The van der Waals surface area contributed by atoms with Crippen molar-refractivity contribution in [3.8, 4) is 0 Å². The summed E-state index contributed by atoms with van der Waals surface area (Å²) in [5.74, 6) is 0. The number of nitrogens with one attached hydrogen (secondary N) is 1. The van der Waals surface area contributed by atoms with E-state index in [-0.39, 0.29) is 11.0 Å². The van der Waals surface area contributed by atoms with Crippen LogP contribution in [0, 0.1) is 0 Å². The van der Waals surface area contributed by atoms with Crippen LogP contribution in [0.15, 0.2) is 24.3 Å². The zero-order valence-corrected chi connectivity index (χ0v) is 13.2. The van der Waals surface area contributed by atoms with Crippen LogP contribution in [0.3, 0.4) is 0 Å². The van der Waals surface area contributed by atoms with Crippen LogP contribution in [-0.4, -0.2) is 18.6 Å². The second-order valence-electron chi connectivity index (χ2n) is 6.77. The predicted molar refractivity (Wildman–Crippen MR) is 84.6 cm³/mol. The Morgan fingerprint density at radius 1 is 1.05 bits per heavy atom. The molecule has 3 N–H and O–H groups in total. The molecule has 19 heavy (non-hydrogen) atoms. The van der Waals surface area contributed by atoms with Crippen molar-refractivity contribution >= 4 is 0 Å². The lowest BCUT2D eigenvalue weighted by molar-refractivity contribution is 0.347. The van der Waals surface area contributed by atoms with E-state index >= 15 is 0 Å². The molecular formula is C17H30N2. The largest absolute Gasteiger partial charge is 0.329 e. The topological polar surface area (TPSA) is 38.0 Å². The van der Waals surface area contributed by atoms with Gasteiger partial charge in [0.05, 0.1) is 0 Å². The predicted octanol–water partition coefficient (Wildman–Crippen LogP) is 3.24. The highest BCUT2D eigenvalue weighted by atomic mass is 15.0. The summed E-state index contributed by atoms with van der Waals surface area (Å²) in [5, 5.41) is 3.56. The van der Waals surface area contributed by atoms with E-state index in [1.807, 2.05) is 0 Å². The molecule has 1 aromatic carbocycles. The molecule has 0 spiro atoms. The molecule has 0 saturated heterocycles. The van der Waals surface area contributed by atoms with Gasteiger partial charge in [-0.1, -0.05) is 51.5 Å². The molecule has 0 aliphatic rings. The summed E-state index contributed by atoms with van der Waals surface area (Å²) in [6.07, 6.45) is 2.37. The number of nitrogens with two attached hydrogens (primary N) is 1. The molecule has 0 bridgehead atoms. The lowest BCUT2D eigenvalue weighted by Gasteiger charge is -2.32. The van der Waals surface area contributed by atoms with E-state index in [9.17, 15) is 0 Å². The molecule has 0 radical (unpaired) electrons. The molecule has 0 aromatic heterocycles. The molecule has 108 valence electrons. The number of hydrogen-bond acceptors (Lipinski definition) is 2. The minimum atomic E-state index is -0.000574. The van der Waals surface area contributed by atoms with E-state index in [4.69, 9.17) is 5.73 Å². The van der Waals surface area contributed by atoms with Crippen molar-refractivity contribution in [2.45, 2.75) is 58.4 Å². The number of benzene rings is 1. The molecule has 0 heterocycles. The Labute approximate surface area is 118 Å². The van der Waals surface area contributed by atoms with Crippen molar-refractivity contribution in [2.75, 3.05) is 13.1 Å². The fourth-order valence-corrected chi connectivity index (χ4v) is 2.05. The highest BCUT2D eigenvalue weighted by Crippen LogP contribution is 2.23. The van der Waals surface area contributed by atoms with Gasteiger partial charge in [-0.2, -0.15) is 0 Å². The zero-order valence-electron chi connectivity index (χ0n) is 13.2. The van der Waals surface area contributed by atoms with Gasteiger partial charge >= 0.3 is 0 Å². The molecule has 0 saturated carbocycles. The molecule has 0 atom stereocenters. The van der Waals surface area contributed by atoms with Crippen LogP contribution in [0.4, 0.5) is 0 Å². The van der Waals surface area contributed by atoms with E-state index in [0.29, 0.717) is 6.54 Å². The first-order valence-corrected chi connectivity index (χ1v) is 7.35. The fraction of sp³-hybridized carbons (Fsp3) is 0.647. The maximum Gasteiger partial charge on any atom is 0.0247 e. The summed E-state index contributed by atoms with van der Waals surface area (Å²) < 4.78 is 0. The normalized spacial score (nSPS) is 12.7. The van der Waals surface area contributed by atoms with Gasteiger partial charge in [-0.3, -0.25) is 0 Å². The highest BCUT2D eigenvalue weighted by Gasteiger charge is 2.24. The summed E-state index contributed by atoms with van der Waals surface area (Å²) in [5.41, 5.74) is 8.70. The molecule has 1 rings (SSSR count). The fourth-order valence-electron chi connectivity index (χ4n) is 2.05. The highest BCUT2D eigenvalue weighted by molar-refractivity contribution is 5.28. The van der Waals surface area contributed by atoms with Crippen LogP contribution in [0.5, 0.6) is 0 Å². The average Bonchev–Trinajstić information content (AvgIpc) is 2.38. The third kappa shape index (κ3) is 4.96. The molecule has 2 nitrogen and oxygen atoms in total. The van der Waals surface area contributed by atoms with E-state index in [0.717, 1.165) is 6.54 Å². The lowest BCUT2D eigenvalue weighted by Crippen LogP contribution is -2.50. The van der Waals surface area contributed by atoms with Crippen molar-refractivity contribution in [3.63, 3.8) is 0 Å². The summed E-state index contributed by atoms with van der Waals surface area (Å²) in [6, 6.07) is 9.05. The third-order valence-corrected chi connectivity index (χ3v) is 3.79. The summed E-state index contributed by atoms with van der Waals surface area (Å²) >= 11 is 0. The Hall–Kier alpha value is -0.860. The van der Waals surface area contributed by atoms with Gasteiger partial charge in [0.15, 0.2) is 0 Å². The van der Waals surface area contributed by atoms with Gasteiger partial charge in [-0.25, -0.2) is 0 Å². The smallest absolute Gasteiger partial charge is 0.0247 e. The van der Waals surface area contributed by atoms with Crippen molar-refractivity contribution in [1.29, 1.82) is 0 Å². The van der Waals surface area contributed by atoms with E-state index in [1.165, 1.54) is 24.0 Å². The van der Waals surface area contributed by atoms with Crippen LogP contribution >= 0.6 is 0 Å². The van der Waals surface area contributed by atoms with Gasteiger partial charge in [0.2, 0.25) is 0 Å². The molecule has 0 aliphatic carbocycles. The first-order valence-electron chi connectivity index (χ1n) is 7.35. The maximum atomic E-state index is 5.77. The summed E-state index contributed by atoms with van der Waals surface area (Å²) in [6.45, 7) is 12.7. The van der Waals surface area contributed by atoms with Crippen molar-refractivity contribution in [3.05, 3.63) is 35.4 Å². The number of aryl methyl sites for hydroxylation is 1. The van der Waals surface area contributed by atoms with Crippen molar-refractivity contribution in [1.82, 2.24) is 5.32 Å². The van der Waals surface area contributed by atoms with Gasteiger partial charge < -0.3 is 11.1 Å². The molecular weight excluding hydrogens is 232 g/mol. The standard InChI is InChI=1S/C17H30N2/c1-6-7-14-8-10-15(11-9-14)16(2,3)13-19-17(4,5)12-18/h8-11,19H,6-7,12-13,18H2,1-5H3. The molecule has 0 unspecified atom stereocenters. The van der Waals surface area contributed by atoms with Crippen LogP contribution in [-0.2, 0) is 11.8 Å². The van der Waals surface area contributed by atoms with Crippen molar-refractivity contribution in [2.24, 2.45) is 5.73 Å². The lowest BCUT2D eigenvalue weighted by atomic mass is 9.83. The monoisotopic (exact) mass is 262 g/mol. The number of rotatable bonds is 7. The molecule has 0 amide bonds. The Balaban J connectivity index is 2.71. The van der Waals surface area contributed by atoms with Crippen LogP contribution < -0.4 is 11.1 Å². The summed E-state index contributed by atoms with van der Waals surface area (Å²) in [4.78, 5) is 0. The minimum absolute atomic E-state index is 0.000574. The van der Waals surface area contributed by atoms with Crippen molar-refractivity contribution < 1.29 is 0 Å².